The second kappa shape index (κ2) is 7.82. The Morgan fingerprint density at radius 3 is 2.36 bits per heavy atom. The largest absolute Gasteiger partial charge is 0.503 e. The quantitative estimate of drug-likeness (QED) is 0.513. The van der Waals surface area contributed by atoms with Crippen LogP contribution in [-0.4, -0.2) is 15.9 Å². The Bertz CT molecular complexity index is 1050. The van der Waals surface area contributed by atoms with Crippen molar-refractivity contribution in [1.29, 1.82) is 0 Å². The number of hydrogen-bond acceptors (Lipinski definition) is 2. The van der Waals surface area contributed by atoms with Crippen molar-refractivity contribution in [3.05, 3.63) is 111 Å². The van der Waals surface area contributed by atoms with Crippen LogP contribution in [0.2, 0.25) is 5.02 Å². The van der Waals surface area contributed by atoms with Crippen molar-refractivity contribution in [2.45, 2.75) is 12.6 Å². The zero-order valence-corrected chi connectivity index (χ0v) is 17.2. The maximum atomic E-state index is 13.0. The summed E-state index contributed by atoms with van der Waals surface area (Å²) < 4.78 is 0.916. The number of aliphatic hydroxyl groups is 1. The van der Waals surface area contributed by atoms with E-state index in [0.29, 0.717) is 17.1 Å². The van der Waals surface area contributed by atoms with E-state index in [9.17, 15) is 9.90 Å². The van der Waals surface area contributed by atoms with Gasteiger partial charge < -0.3 is 10.0 Å². The van der Waals surface area contributed by atoms with Gasteiger partial charge in [0.15, 0.2) is 5.76 Å². The molecule has 0 radical (unpaired) electrons. The Kier molecular flexibility index (Phi) is 5.25. The lowest BCUT2D eigenvalue weighted by Crippen LogP contribution is -2.29. The van der Waals surface area contributed by atoms with E-state index in [4.69, 9.17) is 11.6 Å². The summed E-state index contributed by atoms with van der Waals surface area (Å²) in [7, 11) is 0. The van der Waals surface area contributed by atoms with Crippen molar-refractivity contribution in [1.82, 2.24) is 4.90 Å². The zero-order chi connectivity index (χ0) is 19.7. The number of aliphatic hydroxyl groups excluding tert-OH is 1. The number of rotatable bonds is 4. The molecule has 3 aromatic rings. The van der Waals surface area contributed by atoms with Gasteiger partial charge in [0, 0.05) is 21.6 Å². The molecule has 0 spiro atoms. The molecular weight excluding hydrogens is 438 g/mol. The predicted octanol–water partition coefficient (Wildman–Crippen LogP) is 6.16. The van der Waals surface area contributed by atoms with E-state index in [-0.39, 0.29) is 11.7 Å². The molecule has 1 atom stereocenters. The molecular formula is C23H17BrClNO2. The van der Waals surface area contributed by atoms with Crippen LogP contribution in [-0.2, 0) is 11.3 Å². The Morgan fingerprint density at radius 2 is 1.68 bits per heavy atom. The Balaban J connectivity index is 1.83. The van der Waals surface area contributed by atoms with Gasteiger partial charge in [0.2, 0.25) is 0 Å². The topological polar surface area (TPSA) is 40.5 Å². The number of nitrogens with zero attached hydrogens (tertiary/aromatic N) is 1. The highest BCUT2D eigenvalue weighted by Crippen LogP contribution is 2.44. The van der Waals surface area contributed by atoms with E-state index in [2.05, 4.69) is 15.9 Å². The Morgan fingerprint density at radius 1 is 0.964 bits per heavy atom. The third kappa shape index (κ3) is 3.58. The van der Waals surface area contributed by atoms with Crippen LogP contribution in [0.3, 0.4) is 0 Å². The van der Waals surface area contributed by atoms with Gasteiger partial charge in [-0.25, -0.2) is 0 Å². The first-order valence-corrected chi connectivity index (χ1v) is 10.0. The molecule has 28 heavy (non-hydrogen) atoms. The highest BCUT2D eigenvalue weighted by molar-refractivity contribution is 9.10. The molecule has 0 aromatic heterocycles. The van der Waals surface area contributed by atoms with E-state index in [1.807, 2.05) is 66.7 Å². The van der Waals surface area contributed by atoms with E-state index in [1.54, 1.807) is 17.0 Å². The summed E-state index contributed by atoms with van der Waals surface area (Å²) in [5, 5.41) is 11.4. The number of benzene rings is 3. The molecule has 0 bridgehead atoms. The Hall–Kier alpha value is -2.56. The minimum Gasteiger partial charge on any atom is -0.503 e. The maximum absolute atomic E-state index is 13.0. The summed E-state index contributed by atoms with van der Waals surface area (Å²) in [4.78, 5) is 14.7. The first-order chi connectivity index (χ1) is 13.5. The number of halogens is 2. The summed E-state index contributed by atoms with van der Waals surface area (Å²) in [5.41, 5.74) is 3.29. The highest BCUT2D eigenvalue weighted by Gasteiger charge is 2.41. The SMILES string of the molecule is O=C1C(O)=C(c2ccc(Cl)cc2)[C@H](c2cccc(Br)c2)N1Cc1ccccc1. The van der Waals surface area contributed by atoms with E-state index in [1.165, 1.54) is 0 Å². The fourth-order valence-electron chi connectivity index (χ4n) is 3.54. The summed E-state index contributed by atoms with van der Waals surface area (Å²) in [5.74, 6) is -0.595. The number of hydrogen-bond donors (Lipinski definition) is 1. The fourth-order valence-corrected chi connectivity index (χ4v) is 4.09. The summed E-state index contributed by atoms with van der Waals surface area (Å²) in [6.07, 6.45) is 0. The maximum Gasteiger partial charge on any atom is 0.290 e. The minimum absolute atomic E-state index is 0.219. The standard InChI is InChI=1S/C23H17BrClNO2/c24-18-8-4-7-17(13-18)21-20(16-9-11-19(25)12-10-16)22(27)23(28)26(21)14-15-5-2-1-3-6-15/h1-13,21,27H,14H2/t21-/m0/s1. The average molecular weight is 455 g/mol. The zero-order valence-electron chi connectivity index (χ0n) is 14.8. The van der Waals surface area contributed by atoms with Gasteiger partial charge in [-0.15, -0.1) is 0 Å². The van der Waals surface area contributed by atoms with Gasteiger partial charge in [0.05, 0.1) is 6.04 Å². The van der Waals surface area contributed by atoms with Crippen LogP contribution in [0.15, 0.2) is 89.1 Å². The van der Waals surface area contributed by atoms with E-state index >= 15 is 0 Å². The van der Waals surface area contributed by atoms with Gasteiger partial charge in [-0.3, -0.25) is 4.79 Å². The van der Waals surface area contributed by atoms with Gasteiger partial charge >= 0.3 is 0 Å². The van der Waals surface area contributed by atoms with Gasteiger partial charge in [-0.1, -0.05) is 82.1 Å². The van der Waals surface area contributed by atoms with Crippen LogP contribution in [0.4, 0.5) is 0 Å². The molecule has 1 amide bonds. The molecule has 0 fully saturated rings. The molecule has 5 heteroatoms. The molecule has 1 heterocycles. The lowest BCUT2D eigenvalue weighted by Gasteiger charge is -2.27. The molecule has 0 aliphatic carbocycles. The smallest absolute Gasteiger partial charge is 0.290 e. The lowest BCUT2D eigenvalue weighted by atomic mass is 9.93. The van der Waals surface area contributed by atoms with Crippen LogP contribution in [0.5, 0.6) is 0 Å². The second-order valence-electron chi connectivity index (χ2n) is 6.65. The third-order valence-electron chi connectivity index (χ3n) is 4.82. The normalized spacial score (nSPS) is 16.7. The average Bonchev–Trinajstić information content (AvgIpc) is 2.94. The van der Waals surface area contributed by atoms with Gasteiger partial charge in [-0.05, 0) is 41.0 Å². The fraction of sp³-hybridized carbons (Fsp3) is 0.0870. The molecule has 4 rings (SSSR count). The predicted molar refractivity (Wildman–Crippen MR) is 115 cm³/mol. The summed E-state index contributed by atoms with van der Waals surface area (Å²) in [6.45, 7) is 0.401. The highest BCUT2D eigenvalue weighted by atomic mass is 79.9. The van der Waals surface area contributed by atoms with Crippen molar-refractivity contribution >= 4 is 39.0 Å². The van der Waals surface area contributed by atoms with Crippen molar-refractivity contribution in [2.75, 3.05) is 0 Å². The van der Waals surface area contributed by atoms with Crippen LogP contribution in [0.1, 0.15) is 22.7 Å². The molecule has 1 aliphatic rings. The summed E-state index contributed by atoms with van der Waals surface area (Å²) >= 11 is 9.54. The van der Waals surface area contributed by atoms with Crippen LogP contribution in [0, 0.1) is 0 Å². The van der Waals surface area contributed by atoms with Crippen molar-refractivity contribution in [2.24, 2.45) is 0 Å². The van der Waals surface area contributed by atoms with Crippen molar-refractivity contribution in [3.63, 3.8) is 0 Å². The monoisotopic (exact) mass is 453 g/mol. The third-order valence-corrected chi connectivity index (χ3v) is 5.56. The van der Waals surface area contributed by atoms with Crippen LogP contribution >= 0.6 is 27.5 Å². The number of carbonyl (C=O) groups excluding carboxylic acids is 1. The molecule has 1 N–H and O–H groups in total. The molecule has 3 nitrogen and oxygen atoms in total. The van der Waals surface area contributed by atoms with Gasteiger partial charge in [0.1, 0.15) is 0 Å². The molecule has 0 unspecified atom stereocenters. The van der Waals surface area contributed by atoms with Crippen molar-refractivity contribution in [3.8, 4) is 0 Å². The molecule has 0 saturated carbocycles. The van der Waals surface area contributed by atoms with Crippen molar-refractivity contribution < 1.29 is 9.90 Å². The van der Waals surface area contributed by atoms with Gasteiger partial charge in [-0.2, -0.15) is 0 Å². The number of carbonyl (C=O) groups is 1. The Labute approximate surface area is 177 Å². The molecule has 0 saturated heterocycles. The van der Waals surface area contributed by atoms with Crippen LogP contribution in [0.25, 0.3) is 5.57 Å². The summed E-state index contributed by atoms with van der Waals surface area (Å²) in [6, 6.07) is 24.4. The molecule has 140 valence electrons. The van der Waals surface area contributed by atoms with E-state index in [0.717, 1.165) is 21.2 Å². The van der Waals surface area contributed by atoms with E-state index < -0.39 is 6.04 Å². The van der Waals surface area contributed by atoms with Crippen LogP contribution < -0.4 is 0 Å². The second-order valence-corrected chi connectivity index (χ2v) is 8.00. The first-order valence-electron chi connectivity index (χ1n) is 8.84. The minimum atomic E-state index is -0.397. The number of amides is 1. The molecule has 1 aliphatic heterocycles. The first kappa shape index (κ1) is 18.8. The van der Waals surface area contributed by atoms with Gasteiger partial charge in [0.25, 0.3) is 5.91 Å². The lowest BCUT2D eigenvalue weighted by molar-refractivity contribution is -0.130. The molecule has 3 aromatic carbocycles.